The molecule has 3 heteroatoms. The molecule has 1 rings (SSSR count). The monoisotopic (exact) mass is 374 g/mol. The first kappa shape index (κ1) is 16.5. The van der Waals surface area contributed by atoms with E-state index in [9.17, 15) is 0 Å². The van der Waals surface area contributed by atoms with E-state index in [-0.39, 0.29) is 12.4 Å². The van der Waals surface area contributed by atoms with Crippen molar-refractivity contribution in [2.24, 2.45) is 0 Å². The molecule has 0 aliphatic carbocycles. The van der Waals surface area contributed by atoms with Crippen LogP contribution in [0.1, 0.15) is 39.5 Å². The van der Waals surface area contributed by atoms with Gasteiger partial charge in [-0.3, -0.25) is 0 Å². The lowest BCUT2D eigenvalue weighted by molar-refractivity contribution is -0.0940. The number of hydrogen-bond acceptors (Lipinski definition) is 2. The maximum absolute atomic E-state index is 5.93. The van der Waals surface area contributed by atoms with Crippen LogP contribution in [0.5, 0.6) is 5.75 Å². The van der Waals surface area contributed by atoms with Crippen molar-refractivity contribution in [2.45, 2.75) is 51.9 Å². The third kappa shape index (κ3) is 7.57. The molecule has 0 amide bonds. The zero-order valence-corrected chi connectivity index (χ0v) is 13.9. The van der Waals surface area contributed by atoms with E-state index < -0.39 is 0 Å². The Balaban J connectivity index is 2.40. The van der Waals surface area contributed by atoms with Crippen molar-refractivity contribution in [1.82, 2.24) is 0 Å². The molecule has 1 aromatic rings. The standard InChI is InChI=1S/C16H23IO2/c1-3-4-6-9-16(12-13-17)19-14(2)18-15-10-7-5-8-11-15/h5,7-8,10-14,16H,3-4,6,9H2,1-2H3/b13-12-/t14-,16?/m0/s1. The molecule has 0 aliphatic heterocycles. The molecule has 0 heterocycles. The minimum absolute atomic E-state index is 0.141. The van der Waals surface area contributed by atoms with Crippen LogP contribution >= 0.6 is 22.6 Å². The molecular weight excluding hydrogens is 351 g/mol. The fourth-order valence-corrected chi connectivity index (χ4v) is 2.31. The van der Waals surface area contributed by atoms with Crippen molar-refractivity contribution in [2.75, 3.05) is 0 Å². The molecule has 0 saturated carbocycles. The predicted molar refractivity (Wildman–Crippen MR) is 88.7 cm³/mol. The van der Waals surface area contributed by atoms with Gasteiger partial charge >= 0.3 is 0 Å². The Morgan fingerprint density at radius 1 is 1.21 bits per heavy atom. The van der Waals surface area contributed by atoms with Crippen LogP contribution in [0.3, 0.4) is 0 Å². The summed E-state index contributed by atoms with van der Waals surface area (Å²) in [5, 5.41) is 0. The molecule has 0 spiro atoms. The summed E-state index contributed by atoms with van der Waals surface area (Å²) in [5.74, 6) is 0.848. The van der Waals surface area contributed by atoms with Gasteiger partial charge in [0.2, 0.25) is 0 Å². The van der Waals surface area contributed by atoms with Gasteiger partial charge in [-0.15, -0.1) is 0 Å². The topological polar surface area (TPSA) is 18.5 Å². The van der Waals surface area contributed by atoms with Crippen LogP contribution in [0, 0.1) is 0 Å². The van der Waals surface area contributed by atoms with Gasteiger partial charge in [0, 0.05) is 0 Å². The van der Waals surface area contributed by atoms with E-state index in [1.54, 1.807) is 0 Å². The van der Waals surface area contributed by atoms with Gasteiger partial charge in [0.15, 0.2) is 6.29 Å². The SMILES string of the molecule is CCCCCC(/C=C\I)O[C@@H](C)Oc1ccccc1. The highest BCUT2D eigenvalue weighted by Crippen LogP contribution is 2.15. The lowest BCUT2D eigenvalue weighted by atomic mass is 10.1. The van der Waals surface area contributed by atoms with E-state index in [0.29, 0.717) is 0 Å². The van der Waals surface area contributed by atoms with E-state index >= 15 is 0 Å². The minimum Gasteiger partial charge on any atom is -0.465 e. The van der Waals surface area contributed by atoms with Gasteiger partial charge in [-0.2, -0.15) is 0 Å². The van der Waals surface area contributed by atoms with Gasteiger partial charge in [0.1, 0.15) is 5.75 Å². The van der Waals surface area contributed by atoms with Crippen LogP contribution in [0.15, 0.2) is 40.5 Å². The molecule has 106 valence electrons. The highest BCUT2D eigenvalue weighted by molar-refractivity contribution is 14.1. The summed E-state index contributed by atoms with van der Waals surface area (Å²) >= 11 is 2.23. The van der Waals surface area contributed by atoms with Crippen LogP contribution < -0.4 is 4.74 Å². The van der Waals surface area contributed by atoms with Gasteiger partial charge in [-0.25, -0.2) is 0 Å². The molecule has 0 aromatic heterocycles. The van der Waals surface area contributed by atoms with E-state index in [1.165, 1.54) is 19.3 Å². The Morgan fingerprint density at radius 3 is 2.58 bits per heavy atom. The minimum atomic E-state index is -0.235. The highest BCUT2D eigenvalue weighted by Gasteiger charge is 2.11. The lowest BCUT2D eigenvalue weighted by Crippen LogP contribution is -2.23. The molecule has 0 radical (unpaired) electrons. The van der Waals surface area contributed by atoms with Crippen molar-refractivity contribution < 1.29 is 9.47 Å². The second-order valence-electron chi connectivity index (χ2n) is 4.49. The molecule has 1 aromatic carbocycles. The first-order valence-electron chi connectivity index (χ1n) is 6.90. The van der Waals surface area contributed by atoms with Crippen LogP contribution in [0.4, 0.5) is 0 Å². The molecule has 0 N–H and O–H groups in total. The van der Waals surface area contributed by atoms with E-state index in [4.69, 9.17) is 9.47 Å². The average Bonchev–Trinajstić information content (AvgIpc) is 2.40. The van der Waals surface area contributed by atoms with Gasteiger partial charge < -0.3 is 9.47 Å². The summed E-state index contributed by atoms with van der Waals surface area (Å²) in [5.41, 5.74) is 0. The summed E-state index contributed by atoms with van der Waals surface area (Å²) in [7, 11) is 0. The third-order valence-electron chi connectivity index (χ3n) is 2.79. The van der Waals surface area contributed by atoms with Crippen molar-refractivity contribution in [3.8, 4) is 5.75 Å². The van der Waals surface area contributed by atoms with E-state index in [2.05, 4.69) is 35.6 Å². The van der Waals surface area contributed by atoms with E-state index in [1.807, 2.05) is 41.3 Å². The first-order valence-corrected chi connectivity index (χ1v) is 8.15. The maximum Gasteiger partial charge on any atom is 0.197 e. The zero-order chi connectivity index (χ0) is 13.9. The van der Waals surface area contributed by atoms with Gasteiger partial charge in [0.05, 0.1) is 6.10 Å². The number of hydrogen-bond donors (Lipinski definition) is 0. The number of para-hydroxylation sites is 1. The fraction of sp³-hybridized carbons (Fsp3) is 0.500. The summed E-state index contributed by atoms with van der Waals surface area (Å²) in [6.07, 6.45) is 6.74. The quantitative estimate of drug-likeness (QED) is 0.331. The predicted octanol–water partition coefficient (Wildman–Crippen LogP) is 5.33. The number of ether oxygens (including phenoxy) is 2. The third-order valence-corrected chi connectivity index (χ3v) is 3.21. The summed E-state index contributed by atoms with van der Waals surface area (Å²) < 4.78 is 13.7. The normalized spacial score (nSPS) is 14.5. The van der Waals surface area contributed by atoms with Crippen molar-refractivity contribution in [1.29, 1.82) is 0 Å². The molecule has 19 heavy (non-hydrogen) atoms. The number of unbranched alkanes of at least 4 members (excludes halogenated alkanes) is 2. The largest absolute Gasteiger partial charge is 0.465 e. The maximum atomic E-state index is 5.93. The zero-order valence-electron chi connectivity index (χ0n) is 11.7. The number of rotatable bonds is 9. The first-order chi connectivity index (χ1) is 9.26. The molecule has 2 atom stereocenters. The molecule has 0 saturated heterocycles. The molecule has 2 nitrogen and oxygen atoms in total. The van der Waals surface area contributed by atoms with Gasteiger partial charge in [0.25, 0.3) is 0 Å². The fourth-order valence-electron chi connectivity index (χ4n) is 1.85. The Kier molecular flexibility index (Phi) is 8.91. The Hall–Kier alpha value is -0.550. The number of benzene rings is 1. The molecular formula is C16H23IO2. The molecule has 0 aliphatic rings. The summed E-state index contributed by atoms with van der Waals surface area (Å²) in [4.78, 5) is 0. The van der Waals surface area contributed by atoms with Crippen LogP contribution in [0.2, 0.25) is 0 Å². The average molecular weight is 374 g/mol. The molecule has 1 unspecified atom stereocenters. The van der Waals surface area contributed by atoms with Gasteiger partial charge in [-0.1, -0.05) is 67.0 Å². The Bertz CT molecular complexity index is 351. The summed E-state index contributed by atoms with van der Waals surface area (Å²) in [6, 6.07) is 9.79. The Labute approximate surface area is 130 Å². The van der Waals surface area contributed by atoms with Crippen molar-refractivity contribution in [3.05, 3.63) is 40.5 Å². The smallest absolute Gasteiger partial charge is 0.197 e. The Morgan fingerprint density at radius 2 is 1.95 bits per heavy atom. The van der Waals surface area contributed by atoms with E-state index in [0.717, 1.165) is 12.2 Å². The summed E-state index contributed by atoms with van der Waals surface area (Å²) in [6.45, 7) is 4.16. The van der Waals surface area contributed by atoms with Crippen LogP contribution in [-0.4, -0.2) is 12.4 Å². The molecule has 0 bridgehead atoms. The highest BCUT2D eigenvalue weighted by atomic mass is 127. The van der Waals surface area contributed by atoms with Crippen molar-refractivity contribution in [3.63, 3.8) is 0 Å². The van der Waals surface area contributed by atoms with Gasteiger partial charge in [-0.05, 0) is 35.6 Å². The van der Waals surface area contributed by atoms with Crippen molar-refractivity contribution >= 4 is 22.6 Å². The second-order valence-corrected chi connectivity index (χ2v) is 5.21. The lowest BCUT2D eigenvalue weighted by Gasteiger charge is -2.21. The van der Waals surface area contributed by atoms with Crippen LogP contribution in [0.25, 0.3) is 0 Å². The van der Waals surface area contributed by atoms with Crippen LogP contribution in [-0.2, 0) is 4.74 Å². The number of halogens is 1. The molecule has 0 fully saturated rings. The second kappa shape index (κ2) is 10.3.